The molecule has 82 valence electrons. The minimum atomic E-state index is 0.204. The van der Waals surface area contributed by atoms with Gasteiger partial charge in [-0.25, -0.2) is 0 Å². The molecule has 0 aliphatic carbocycles. The Balaban J connectivity index is 1.78. The van der Waals surface area contributed by atoms with Crippen LogP contribution in [0.4, 0.5) is 0 Å². The molecule has 3 heteroatoms. The van der Waals surface area contributed by atoms with Gasteiger partial charge >= 0.3 is 0 Å². The molecule has 1 fully saturated rings. The van der Waals surface area contributed by atoms with E-state index in [9.17, 15) is 4.79 Å². The van der Waals surface area contributed by atoms with E-state index in [-0.39, 0.29) is 5.92 Å². The van der Waals surface area contributed by atoms with E-state index in [0.717, 1.165) is 31.8 Å². The van der Waals surface area contributed by atoms with Crippen molar-refractivity contribution in [2.24, 2.45) is 5.92 Å². The molecule has 1 atom stereocenters. The third-order valence-corrected chi connectivity index (χ3v) is 3.01. The fourth-order valence-electron chi connectivity index (χ4n) is 2.02. The first-order chi connectivity index (χ1) is 7.25. The van der Waals surface area contributed by atoms with Gasteiger partial charge in [0.05, 0.1) is 6.26 Å². The van der Waals surface area contributed by atoms with Crippen molar-refractivity contribution in [1.29, 1.82) is 0 Å². The first-order valence-corrected chi connectivity index (χ1v) is 5.53. The number of likely N-dealkylation sites (tertiary alicyclic amines) is 1. The molecule has 2 rings (SSSR count). The molecule has 0 saturated carbocycles. The third-order valence-electron chi connectivity index (χ3n) is 3.01. The highest BCUT2D eigenvalue weighted by Gasteiger charge is 2.22. The molecule has 1 aliphatic rings. The molecule has 0 N–H and O–H groups in total. The highest BCUT2D eigenvalue weighted by Crippen LogP contribution is 2.13. The lowest BCUT2D eigenvalue weighted by molar-refractivity contribution is -0.125. The van der Waals surface area contributed by atoms with Gasteiger partial charge in [0.25, 0.3) is 0 Å². The van der Waals surface area contributed by atoms with Crippen LogP contribution >= 0.6 is 0 Å². The first-order valence-electron chi connectivity index (χ1n) is 5.53. The summed E-state index contributed by atoms with van der Waals surface area (Å²) in [6.45, 7) is 4.82. The van der Waals surface area contributed by atoms with Crippen LogP contribution in [0, 0.1) is 5.92 Å². The Morgan fingerprint density at radius 1 is 1.60 bits per heavy atom. The standard InChI is InChI=1S/C12H17NO2/c1-10-9-13(7-5-12(10)14)6-4-11-3-2-8-15-11/h2-3,8,10H,4-7,9H2,1H3. The summed E-state index contributed by atoms with van der Waals surface area (Å²) in [7, 11) is 0. The molecule has 2 heterocycles. The van der Waals surface area contributed by atoms with Crippen molar-refractivity contribution < 1.29 is 9.21 Å². The molecule has 1 aromatic heterocycles. The second-order valence-corrected chi connectivity index (χ2v) is 4.25. The van der Waals surface area contributed by atoms with Gasteiger partial charge in [0.1, 0.15) is 11.5 Å². The number of nitrogens with zero attached hydrogens (tertiary/aromatic N) is 1. The lowest BCUT2D eigenvalue weighted by atomic mass is 9.98. The Kier molecular flexibility index (Phi) is 3.21. The maximum Gasteiger partial charge on any atom is 0.138 e. The van der Waals surface area contributed by atoms with Crippen LogP contribution in [0.25, 0.3) is 0 Å². The molecular formula is C12H17NO2. The summed E-state index contributed by atoms with van der Waals surface area (Å²) in [6.07, 6.45) is 3.35. The number of furan rings is 1. The molecule has 1 aliphatic heterocycles. The van der Waals surface area contributed by atoms with Crippen LogP contribution in [0.5, 0.6) is 0 Å². The lowest BCUT2D eigenvalue weighted by Crippen LogP contribution is -2.40. The van der Waals surface area contributed by atoms with E-state index in [0.29, 0.717) is 12.2 Å². The second-order valence-electron chi connectivity index (χ2n) is 4.25. The number of rotatable bonds is 3. The number of ketones is 1. The normalized spacial score (nSPS) is 23.3. The van der Waals surface area contributed by atoms with Gasteiger partial charge in [-0.2, -0.15) is 0 Å². The zero-order chi connectivity index (χ0) is 10.7. The van der Waals surface area contributed by atoms with Gasteiger partial charge in [0.15, 0.2) is 0 Å². The van der Waals surface area contributed by atoms with Gasteiger partial charge in [-0.15, -0.1) is 0 Å². The summed E-state index contributed by atoms with van der Waals surface area (Å²) in [5.74, 6) is 1.64. The summed E-state index contributed by atoms with van der Waals surface area (Å²) < 4.78 is 5.28. The Morgan fingerprint density at radius 2 is 2.47 bits per heavy atom. The topological polar surface area (TPSA) is 33.5 Å². The van der Waals surface area contributed by atoms with Crippen LogP contribution in [0.15, 0.2) is 22.8 Å². The van der Waals surface area contributed by atoms with Crippen LogP contribution in [-0.4, -0.2) is 30.3 Å². The number of carbonyl (C=O) groups is 1. The van der Waals surface area contributed by atoms with Crippen molar-refractivity contribution >= 4 is 5.78 Å². The second kappa shape index (κ2) is 4.62. The number of hydrogen-bond acceptors (Lipinski definition) is 3. The summed E-state index contributed by atoms with van der Waals surface area (Å²) in [4.78, 5) is 13.7. The first kappa shape index (κ1) is 10.4. The summed E-state index contributed by atoms with van der Waals surface area (Å²) in [5, 5.41) is 0. The Bertz CT molecular complexity index is 318. The minimum Gasteiger partial charge on any atom is -0.469 e. The number of carbonyl (C=O) groups excluding carboxylic acids is 1. The van der Waals surface area contributed by atoms with Crippen LogP contribution < -0.4 is 0 Å². The molecule has 15 heavy (non-hydrogen) atoms. The SMILES string of the molecule is CC1CN(CCc2ccco2)CCC1=O. The molecule has 0 bridgehead atoms. The third kappa shape index (κ3) is 2.69. The van der Waals surface area contributed by atoms with Gasteiger partial charge in [-0.05, 0) is 12.1 Å². The van der Waals surface area contributed by atoms with Gasteiger partial charge < -0.3 is 9.32 Å². The number of piperidine rings is 1. The molecule has 0 amide bonds. The summed E-state index contributed by atoms with van der Waals surface area (Å²) in [5.41, 5.74) is 0. The predicted octanol–water partition coefficient (Wildman–Crippen LogP) is 1.73. The van der Waals surface area contributed by atoms with Crippen molar-refractivity contribution in [2.45, 2.75) is 19.8 Å². The fourth-order valence-corrected chi connectivity index (χ4v) is 2.02. The fraction of sp³-hybridized carbons (Fsp3) is 0.583. The quantitative estimate of drug-likeness (QED) is 0.757. The van der Waals surface area contributed by atoms with Crippen molar-refractivity contribution in [3.63, 3.8) is 0 Å². The van der Waals surface area contributed by atoms with Crippen molar-refractivity contribution in [2.75, 3.05) is 19.6 Å². The van der Waals surface area contributed by atoms with E-state index in [1.165, 1.54) is 0 Å². The summed E-state index contributed by atoms with van der Waals surface area (Å²) in [6, 6.07) is 3.91. The van der Waals surface area contributed by atoms with Gasteiger partial charge in [-0.1, -0.05) is 6.92 Å². The van der Waals surface area contributed by atoms with E-state index in [1.807, 2.05) is 19.1 Å². The van der Waals surface area contributed by atoms with E-state index in [2.05, 4.69) is 4.90 Å². The maximum atomic E-state index is 11.3. The molecule has 1 saturated heterocycles. The molecule has 0 spiro atoms. The average Bonchev–Trinajstić information content (AvgIpc) is 2.73. The molecule has 0 radical (unpaired) electrons. The van der Waals surface area contributed by atoms with Crippen molar-refractivity contribution in [3.8, 4) is 0 Å². The van der Waals surface area contributed by atoms with Crippen LogP contribution in [0.2, 0.25) is 0 Å². The predicted molar refractivity (Wildman–Crippen MR) is 57.6 cm³/mol. The molecular weight excluding hydrogens is 190 g/mol. The van der Waals surface area contributed by atoms with E-state index in [4.69, 9.17) is 4.42 Å². The zero-order valence-electron chi connectivity index (χ0n) is 9.11. The Labute approximate surface area is 90.1 Å². The van der Waals surface area contributed by atoms with Crippen molar-refractivity contribution in [1.82, 2.24) is 4.90 Å². The van der Waals surface area contributed by atoms with Gasteiger partial charge in [0, 0.05) is 38.4 Å². The Morgan fingerprint density at radius 3 is 3.13 bits per heavy atom. The molecule has 3 nitrogen and oxygen atoms in total. The van der Waals surface area contributed by atoms with E-state index in [1.54, 1.807) is 6.26 Å². The van der Waals surface area contributed by atoms with Crippen molar-refractivity contribution in [3.05, 3.63) is 24.2 Å². The van der Waals surface area contributed by atoms with Gasteiger partial charge in [-0.3, -0.25) is 4.79 Å². The van der Waals surface area contributed by atoms with Crippen LogP contribution in [0.3, 0.4) is 0 Å². The van der Waals surface area contributed by atoms with E-state index < -0.39 is 0 Å². The van der Waals surface area contributed by atoms with E-state index >= 15 is 0 Å². The van der Waals surface area contributed by atoms with Crippen LogP contribution in [-0.2, 0) is 11.2 Å². The lowest BCUT2D eigenvalue weighted by Gasteiger charge is -2.29. The number of Topliss-reactive ketones (excluding diaryl/α,β-unsaturated/α-hetero) is 1. The molecule has 1 unspecified atom stereocenters. The smallest absolute Gasteiger partial charge is 0.138 e. The average molecular weight is 207 g/mol. The number of hydrogen-bond donors (Lipinski definition) is 0. The van der Waals surface area contributed by atoms with Gasteiger partial charge in [0.2, 0.25) is 0 Å². The minimum absolute atomic E-state index is 0.204. The van der Waals surface area contributed by atoms with Crippen LogP contribution in [0.1, 0.15) is 19.1 Å². The summed E-state index contributed by atoms with van der Waals surface area (Å²) >= 11 is 0. The maximum absolute atomic E-state index is 11.3. The monoisotopic (exact) mass is 207 g/mol. The highest BCUT2D eigenvalue weighted by atomic mass is 16.3. The molecule has 0 aromatic carbocycles. The zero-order valence-corrected chi connectivity index (χ0v) is 9.11. The highest BCUT2D eigenvalue weighted by molar-refractivity contribution is 5.81. The molecule has 1 aromatic rings. The largest absolute Gasteiger partial charge is 0.469 e. The Hall–Kier alpha value is -1.09.